The lowest BCUT2D eigenvalue weighted by atomic mass is 10.3. The number of rotatable bonds is 1. The number of nitrogens with zero attached hydrogens (tertiary/aromatic N) is 1. The fourth-order valence-corrected chi connectivity index (χ4v) is 0.708. The molecule has 0 aromatic heterocycles. The number of hydrogen-bond donors (Lipinski definition) is 3. The topological polar surface area (TPSA) is 78.6 Å². The van der Waals surface area contributed by atoms with E-state index in [1.165, 1.54) is 11.1 Å². The van der Waals surface area contributed by atoms with Crippen LogP contribution in [-0.4, -0.2) is 28.8 Å². The summed E-state index contributed by atoms with van der Waals surface area (Å²) in [4.78, 5) is 11.8. The minimum atomic E-state index is -1.46. The van der Waals surface area contributed by atoms with Crippen LogP contribution in [0.3, 0.4) is 0 Å². The number of carboxylic acids is 1. The maximum Gasteiger partial charge on any atom is 0.366 e. The predicted octanol–water partition coefficient (Wildman–Crippen LogP) is -1.31. The Bertz CT molecular complexity index is 191. The SMILES string of the molecule is CN1C=CNC1(N)C(=O)O. The van der Waals surface area contributed by atoms with Gasteiger partial charge in [0.2, 0.25) is 0 Å². The lowest BCUT2D eigenvalue weighted by molar-refractivity contribution is -0.149. The van der Waals surface area contributed by atoms with Crippen LogP contribution in [0.2, 0.25) is 0 Å². The summed E-state index contributed by atoms with van der Waals surface area (Å²) >= 11 is 0. The van der Waals surface area contributed by atoms with Gasteiger partial charge in [-0.15, -0.1) is 0 Å². The van der Waals surface area contributed by atoms with Crippen molar-refractivity contribution >= 4 is 5.97 Å². The van der Waals surface area contributed by atoms with Crippen molar-refractivity contribution in [2.24, 2.45) is 5.73 Å². The van der Waals surface area contributed by atoms with Crippen LogP contribution in [0.25, 0.3) is 0 Å². The molecular formula is C5H9N3O2. The third-order valence-electron chi connectivity index (χ3n) is 1.48. The van der Waals surface area contributed by atoms with Gasteiger partial charge in [-0.05, 0) is 0 Å². The van der Waals surface area contributed by atoms with Crippen molar-refractivity contribution in [3.05, 3.63) is 12.4 Å². The molecule has 0 aliphatic carbocycles. The van der Waals surface area contributed by atoms with Crippen LogP contribution in [0.5, 0.6) is 0 Å². The van der Waals surface area contributed by atoms with Crippen molar-refractivity contribution in [3.63, 3.8) is 0 Å². The van der Waals surface area contributed by atoms with E-state index in [0.29, 0.717) is 0 Å². The van der Waals surface area contributed by atoms with E-state index < -0.39 is 11.8 Å². The summed E-state index contributed by atoms with van der Waals surface area (Å²) in [7, 11) is 1.59. The van der Waals surface area contributed by atoms with Crippen molar-refractivity contribution in [1.82, 2.24) is 10.2 Å². The summed E-state index contributed by atoms with van der Waals surface area (Å²) in [5, 5.41) is 11.1. The zero-order valence-corrected chi connectivity index (χ0v) is 5.53. The van der Waals surface area contributed by atoms with E-state index in [2.05, 4.69) is 5.32 Å². The molecule has 5 nitrogen and oxygen atoms in total. The van der Waals surface area contributed by atoms with Gasteiger partial charge in [-0.1, -0.05) is 0 Å². The smallest absolute Gasteiger partial charge is 0.366 e. The standard InChI is InChI=1S/C5H9N3O2/c1-8-3-2-7-5(8,6)4(9)10/h2-3,7H,6H2,1H3,(H,9,10). The second kappa shape index (κ2) is 1.88. The van der Waals surface area contributed by atoms with Gasteiger partial charge in [-0.3, -0.25) is 5.73 Å². The van der Waals surface area contributed by atoms with Crippen LogP contribution < -0.4 is 11.1 Å². The number of nitrogens with one attached hydrogen (secondary N) is 1. The average molecular weight is 143 g/mol. The molecule has 0 amide bonds. The van der Waals surface area contributed by atoms with E-state index in [-0.39, 0.29) is 0 Å². The normalized spacial score (nSPS) is 30.4. The van der Waals surface area contributed by atoms with E-state index in [1.807, 2.05) is 0 Å². The van der Waals surface area contributed by atoms with Crippen LogP contribution in [0.15, 0.2) is 12.4 Å². The van der Waals surface area contributed by atoms with Crippen molar-refractivity contribution < 1.29 is 9.90 Å². The molecule has 5 heteroatoms. The predicted molar refractivity (Wildman–Crippen MR) is 34.6 cm³/mol. The maximum atomic E-state index is 10.5. The van der Waals surface area contributed by atoms with E-state index in [4.69, 9.17) is 10.8 Å². The lowest BCUT2D eigenvalue weighted by Gasteiger charge is -2.27. The summed E-state index contributed by atoms with van der Waals surface area (Å²) in [6, 6.07) is 0. The number of aliphatic carboxylic acids is 1. The van der Waals surface area contributed by atoms with Gasteiger partial charge in [0.05, 0.1) is 0 Å². The highest BCUT2D eigenvalue weighted by molar-refractivity contribution is 5.78. The number of carboxylic acid groups (broad SMARTS) is 1. The second-order valence-electron chi connectivity index (χ2n) is 2.14. The molecule has 0 bridgehead atoms. The molecule has 0 fully saturated rings. The first kappa shape index (κ1) is 6.88. The number of likely N-dealkylation sites (N-methyl/N-ethyl adjacent to an activating group) is 1. The Morgan fingerprint density at radius 1 is 1.90 bits per heavy atom. The van der Waals surface area contributed by atoms with Crippen LogP contribution >= 0.6 is 0 Å². The molecule has 0 saturated carbocycles. The zero-order chi connectivity index (χ0) is 7.78. The van der Waals surface area contributed by atoms with E-state index in [9.17, 15) is 4.79 Å². The highest BCUT2D eigenvalue weighted by Gasteiger charge is 2.38. The van der Waals surface area contributed by atoms with Gasteiger partial charge in [-0.2, -0.15) is 0 Å². The van der Waals surface area contributed by atoms with Gasteiger partial charge < -0.3 is 15.3 Å². The number of carbonyl (C=O) groups is 1. The first-order chi connectivity index (χ1) is 4.57. The van der Waals surface area contributed by atoms with Crippen LogP contribution in [0, 0.1) is 0 Å². The molecule has 1 unspecified atom stereocenters. The van der Waals surface area contributed by atoms with Gasteiger partial charge >= 0.3 is 5.97 Å². The van der Waals surface area contributed by atoms with Gasteiger partial charge in [-0.25, -0.2) is 4.79 Å². The Morgan fingerprint density at radius 2 is 2.50 bits per heavy atom. The molecule has 0 aromatic rings. The summed E-state index contributed by atoms with van der Waals surface area (Å²) in [5.41, 5.74) is 5.40. The van der Waals surface area contributed by atoms with Gasteiger partial charge in [0.1, 0.15) is 0 Å². The molecule has 1 aliphatic rings. The highest BCUT2D eigenvalue weighted by Crippen LogP contribution is 2.08. The first-order valence-corrected chi connectivity index (χ1v) is 2.77. The lowest BCUT2D eigenvalue weighted by Crippen LogP contribution is -2.63. The number of hydrogen-bond acceptors (Lipinski definition) is 4. The Labute approximate surface area is 58.1 Å². The molecule has 10 heavy (non-hydrogen) atoms. The Morgan fingerprint density at radius 3 is 2.70 bits per heavy atom. The molecule has 1 atom stereocenters. The molecule has 1 aliphatic heterocycles. The quantitative estimate of drug-likeness (QED) is 0.424. The van der Waals surface area contributed by atoms with Crippen LogP contribution in [0.1, 0.15) is 0 Å². The maximum absolute atomic E-state index is 10.5. The minimum absolute atomic E-state index is 1.10. The fourth-order valence-electron chi connectivity index (χ4n) is 0.708. The largest absolute Gasteiger partial charge is 0.477 e. The Balaban J connectivity index is 2.80. The number of nitrogens with two attached hydrogens (primary N) is 1. The Hall–Kier alpha value is -1.23. The van der Waals surface area contributed by atoms with E-state index in [0.717, 1.165) is 0 Å². The van der Waals surface area contributed by atoms with Crippen LogP contribution in [-0.2, 0) is 4.79 Å². The summed E-state index contributed by atoms with van der Waals surface area (Å²) in [5.74, 6) is -2.56. The first-order valence-electron chi connectivity index (χ1n) is 2.77. The van der Waals surface area contributed by atoms with Gasteiger partial charge in [0, 0.05) is 19.4 Å². The summed E-state index contributed by atoms with van der Waals surface area (Å²) in [6.45, 7) is 0. The molecular weight excluding hydrogens is 134 g/mol. The van der Waals surface area contributed by atoms with Crippen molar-refractivity contribution in [2.75, 3.05) is 7.05 Å². The molecule has 1 heterocycles. The summed E-state index contributed by atoms with van der Waals surface area (Å²) < 4.78 is 0. The minimum Gasteiger partial charge on any atom is -0.477 e. The monoisotopic (exact) mass is 143 g/mol. The fraction of sp³-hybridized carbons (Fsp3) is 0.400. The molecule has 0 saturated heterocycles. The summed E-state index contributed by atoms with van der Waals surface area (Å²) in [6.07, 6.45) is 3.06. The second-order valence-corrected chi connectivity index (χ2v) is 2.14. The molecule has 4 N–H and O–H groups in total. The van der Waals surface area contributed by atoms with Gasteiger partial charge in [0.25, 0.3) is 5.79 Å². The third kappa shape index (κ3) is 0.714. The van der Waals surface area contributed by atoms with Gasteiger partial charge in [0.15, 0.2) is 0 Å². The molecule has 1 rings (SSSR count). The molecule has 0 radical (unpaired) electrons. The average Bonchev–Trinajstić information content (AvgIpc) is 2.15. The Kier molecular flexibility index (Phi) is 1.29. The zero-order valence-electron chi connectivity index (χ0n) is 5.53. The molecule has 0 spiro atoms. The highest BCUT2D eigenvalue weighted by atomic mass is 16.4. The van der Waals surface area contributed by atoms with Crippen molar-refractivity contribution in [3.8, 4) is 0 Å². The molecule has 56 valence electrons. The molecule has 0 aromatic carbocycles. The van der Waals surface area contributed by atoms with E-state index in [1.54, 1.807) is 13.2 Å². The van der Waals surface area contributed by atoms with Crippen molar-refractivity contribution in [2.45, 2.75) is 5.79 Å². The van der Waals surface area contributed by atoms with Crippen LogP contribution in [0.4, 0.5) is 0 Å². The van der Waals surface area contributed by atoms with Crippen molar-refractivity contribution in [1.29, 1.82) is 0 Å². The van der Waals surface area contributed by atoms with E-state index >= 15 is 0 Å². The third-order valence-corrected chi connectivity index (χ3v) is 1.48.